The Hall–Kier alpha value is -0.870. The van der Waals surface area contributed by atoms with E-state index in [1.54, 1.807) is 0 Å². The van der Waals surface area contributed by atoms with Crippen molar-refractivity contribution in [1.82, 2.24) is 9.78 Å². The Kier molecular flexibility index (Phi) is 3.39. The van der Waals surface area contributed by atoms with E-state index in [9.17, 15) is 5.11 Å². The van der Waals surface area contributed by atoms with E-state index in [0.717, 1.165) is 32.1 Å². The lowest BCUT2D eigenvalue weighted by molar-refractivity contribution is 0.0679. The Morgan fingerprint density at radius 1 is 1.17 bits per heavy atom. The van der Waals surface area contributed by atoms with Gasteiger partial charge < -0.3 is 10.8 Å². The molecule has 1 aromatic heterocycles. The Labute approximate surface area is 108 Å². The van der Waals surface area contributed by atoms with Crippen molar-refractivity contribution in [1.29, 1.82) is 0 Å². The average molecular weight is 249 g/mol. The number of aromatic nitrogens is 2. The number of hydrogen-bond acceptors (Lipinski definition) is 3. The Morgan fingerprint density at radius 3 is 2.78 bits per heavy atom. The largest absolute Gasteiger partial charge is 0.391 e. The molecule has 100 valence electrons. The first kappa shape index (κ1) is 12.2. The molecule has 3 unspecified atom stereocenters. The maximum atomic E-state index is 10.2. The number of aliphatic hydroxyl groups is 1. The van der Waals surface area contributed by atoms with Gasteiger partial charge in [-0.1, -0.05) is 19.3 Å². The number of aliphatic hydroxyl groups excluding tert-OH is 1. The minimum Gasteiger partial charge on any atom is -0.391 e. The standard InChI is InChI=1S/C14H23N3O/c15-11-5-1-2-6-12-10(11)9-16-17(12)13-7-3-4-8-14(13)18/h9,11,13-14,18H,1-8,15H2. The zero-order chi connectivity index (χ0) is 12.5. The lowest BCUT2D eigenvalue weighted by atomic mass is 9.92. The van der Waals surface area contributed by atoms with Gasteiger partial charge in [-0.2, -0.15) is 5.10 Å². The monoisotopic (exact) mass is 249 g/mol. The van der Waals surface area contributed by atoms with Crippen LogP contribution in [0.25, 0.3) is 0 Å². The highest BCUT2D eigenvalue weighted by atomic mass is 16.3. The van der Waals surface area contributed by atoms with Crippen molar-refractivity contribution >= 4 is 0 Å². The number of rotatable bonds is 1. The third-order valence-corrected chi connectivity index (χ3v) is 4.52. The number of nitrogens with two attached hydrogens (primary N) is 1. The molecule has 1 fully saturated rings. The summed E-state index contributed by atoms with van der Waals surface area (Å²) in [5.74, 6) is 0. The van der Waals surface area contributed by atoms with Gasteiger partial charge in [0.25, 0.3) is 0 Å². The first-order valence-corrected chi connectivity index (χ1v) is 7.27. The molecule has 4 nitrogen and oxygen atoms in total. The fraction of sp³-hybridized carbons (Fsp3) is 0.786. The topological polar surface area (TPSA) is 64.1 Å². The van der Waals surface area contributed by atoms with Crippen LogP contribution in [0, 0.1) is 0 Å². The molecule has 0 radical (unpaired) electrons. The molecule has 2 aliphatic carbocycles. The molecule has 18 heavy (non-hydrogen) atoms. The predicted octanol–water partition coefficient (Wildman–Crippen LogP) is 2.09. The molecular formula is C14H23N3O. The molecule has 4 heteroatoms. The van der Waals surface area contributed by atoms with Crippen LogP contribution in [0.1, 0.15) is 68.3 Å². The van der Waals surface area contributed by atoms with Gasteiger partial charge in [0.1, 0.15) is 0 Å². The highest BCUT2D eigenvalue weighted by Gasteiger charge is 2.29. The van der Waals surface area contributed by atoms with E-state index in [-0.39, 0.29) is 18.2 Å². The second-order valence-corrected chi connectivity index (χ2v) is 5.76. The maximum Gasteiger partial charge on any atom is 0.0781 e. The summed E-state index contributed by atoms with van der Waals surface area (Å²) in [7, 11) is 0. The average Bonchev–Trinajstić information content (AvgIpc) is 2.70. The fourth-order valence-electron chi connectivity index (χ4n) is 3.44. The SMILES string of the molecule is NC1CCCCc2c1cnn2C1CCCCC1O. The molecule has 0 saturated heterocycles. The molecule has 0 aliphatic heterocycles. The molecule has 1 heterocycles. The molecule has 0 amide bonds. The highest BCUT2D eigenvalue weighted by Crippen LogP contribution is 2.33. The van der Waals surface area contributed by atoms with E-state index in [1.165, 1.54) is 30.5 Å². The van der Waals surface area contributed by atoms with Crippen LogP contribution in [0.5, 0.6) is 0 Å². The van der Waals surface area contributed by atoms with Crippen LogP contribution in [0.15, 0.2) is 6.20 Å². The summed E-state index contributed by atoms with van der Waals surface area (Å²) >= 11 is 0. The summed E-state index contributed by atoms with van der Waals surface area (Å²) in [6.07, 6.45) is 10.5. The van der Waals surface area contributed by atoms with Gasteiger partial charge in [0.15, 0.2) is 0 Å². The van der Waals surface area contributed by atoms with E-state index in [0.29, 0.717) is 0 Å². The van der Waals surface area contributed by atoms with Crippen LogP contribution in [-0.2, 0) is 6.42 Å². The summed E-state index contributed by atoms with van der Waals surface area (Å²) < 4.78 is 2.09. The van der Waals surface area contributed by atoms with E-state index >= 15 is 0 Å². The first-order chi connectivity index (χ1) is 8.77. The van der Waals surface area contributed by atoms with Crippen molar-refractivity contribution in [2.75, 3.05) is 0 Å². The van der Waals surface area contributed by atoms with Crippen molar-refractivity contribution in [3.63, 3.8) is 0 Å². The minimum absolute atomic E-state index is 0.136. The molecule has 3 atom stereocenters. The fourth-order valence-corrected chi connectivity index (χ4v) is 3.44. The van der Waals surface area contributed by atoms with Gasteiger partial charge in [0.2, 0.25) is 0 Å². The summed E-state index contributed by atoms with van der Waals surface area (Å²) in [6.45, 7) is 0. The second kappa shape index (κ2) is 5.02. The number of fused-ring (bicyclic) bond motifs is 1. The van der Waals surface area contributed by atoms with Crippen LogP contribution in [0.2, 0.25) is 0 Å². The van der Waals surface area contributed by atoms with Gasteiger partial charge >= 0.3 is 0 Å². The highest BCUT2D eigenvalue weighted by molar-refractivity contribution is 5.24. The first-order valence-electron chi connectivity index (χ1n) is 7.27. The number of hydrogen-bond donors (Lipinski definition) is 2. The van der Waals surface area contributed by atoms with Gasteiger partial charge in [0, 0.05) is 17.3 Å². The van der Waals surface area contributed by atoms with Gasteiger partial charge in [0.05, 0.1) is 18.3 Å². The van der Waals surface area contributed by atoms with E-state index in [2.05, 4.69) is 9.78 Å². The second-order valence-electron chi connectivity index (χ2n) is 5.76. The van der Waals surface area contributed by atoms with Crippen LogP contribution in [0.3, 0.4) is 0 Å². The van der Waals surface area contributed by atoms with E-state index < -0.39 is 0 Å². The summed E-state index contributed by atoms with van der Waals surface area (Å²) in [6, 6.07) is 0.310. The van der Waals surface area contributed by atoms with Gasteiger partial charge in [-0.3, -0.25) is 4.68 Å². The summed E-state index contributed by atoms with van der Waals surface area (Å²) in [4.78, 5) is 0. The number of nitrogens with zero attached hydrogens (tertiary/aromatic N) is 2. The molecule has 1 saturated carbocycles. The molecule has 0 aromatic carbocycles. The molecule has 3 rings (SSSR count). The predicted molar refractivity (Wildman–Crippen MR) is 70.2 cm³/mol. The molecular weight excluding hydrogens is 226 g/mol. The summed E-state index contributed by atoms with van der Waals surface area (Å²) in [5.41, 5.74) is 8.70. The Morgan fingerprint density at radius 2 is 1.94 bits per heavy atom. The van der Waals surface area contributed by atoms with Crippen LogP contribution in [0.4, 0.5) is 0 Å². The van der Waals surface area contributed by atoms with Crippen LogP contribution >= 0.6 is 0 Å². The lowest BCUT2D eigenvalue weighted by Crippen LogP contribution is -2.29. The Balaban J connectivity index is 1.93. The normalized spacial score (nSPS) is 32.9. The van der Waals surface area contributed by atoms with Crippen LogP contribution in [-0.4, -0.2) is 21.0 Å². The Bertz CT molecular complexity index is 415. The van der Waals surface area contributed by atoms with Crippen molar-refractivity contribution in [2.24, 2.45) is 5.73 Å². The quantitative estimate of drug-likeness (QED) is 0.749. The molecule has 3 N–H and O–H groups in total. The zero-order valence-electron chi connectivity index (χ0n) is 10.9. The zero-order valence-corrected chi connectivity index (χ0v) is 10.9. The van der Waals surface area contributed by atoms with Crippen molar-refractivity contribution < 1.29 is 5.11 Å². The molecule has 0 bridgehead atoms. The lowest BCUT2D eigenvalue weighted by Gasteiger charge is -2.29. The molecule has 1 aromatic rings. The van der Waals surface area contributed by atoms with Gasteiger partial charge in [-0.05, 0) is 32.1 Å². The van der Waals surface area contributed by atoms with Crippen molar-refractivity contribution in [3.05, 3.63) is 17.5 Å². The van der Waals surface area contributed by atoms with Gasteiger partial charge in [-0.15, -0.1) is 0 Å². The maximum absolute atomic E-state index is 10.2. The van der Waals surface area contributed by atoms with Gasteiger partial charge in [-0.25, -0.2) is 0 Å². The summed E-state index contributed by atoms with van der Waals surface area (Å²) in [5, 5.41) is 14.7. The van der Waals surface area contributed by atoms with E-state index in [4.69, 9.17) is 5.73 Å². The molecule has 2 aliphatic rings. The smallest absolute Gasteiger partial charge is 0.0781 e. The third-order valence-electron chi connectivity index (χ3n) is 4.52. The van der Waals surface area contributed by atoms with E-state index in [1.807, 2.05) is 6.20 Å². The van der Waals surface area contributed by atoms with Crippen LogP contribution < -0.4 is 5.73 Å². The third kappa shape index (κ3) is 2.08. The minimum atomic E-state index is -0.234. The van der Waals surface area contributed by atoms with Crippen molar-refractivity contribution in [3.8, 4) is 0 Å². The molecule has 0 spiro atoms. The van der Waals surface area contributed by atoms with Crippen molar-refractivity contribution in [2.45, 2.75) is 69.6 Å².